The van der Waals surface area contributed by atoms with E-state index in [4.69, 9.17) is 4.74 Å². The molecule has 2 N–H and O–H groups in total. The van der Waals surface area contributed by atoms with Crippen LogP contribution in [-0.4, -0.2) is 46.0 Å². The van der Waals surface area contributed by atoms with Crippen LogP contribution in [0.2, 0.25) is 0 Å². The van der Waals surface area contributed by atoms with Crippen molar-refractivity contribution in [1.29, 1.82) is 0 Å². The van der Waals surface area contributed by atoms with E-state index in [9.17, 15) is 23.1 Å². The number of aromatic nitrogens is 2. The lowest BCUT2D eigenvalue weighted by Crippen LogP contribution is -2.52. The van der Waals surface area contributed by atoms with Crippen molar-refractivity contribution in [3.05, 3.63) is 18.2 Å². The molecule has 2 rings (SSSR count). The van der Waals surface area contributed by atoms with Gasteiger partial charge in [0.05, 0.1) is 12.0 Å². The largest absolute Gasteiger partial charge is 0.425 e. The molecule has 1 aromatic heterocycles. The molecule has 1 unspecified atom stereocenters. The Morgan fingerprint density at radius 2 is 2.17 bits per heavy atom. The Labute approximate surface area is 131 Å². The lowest BCUT2D eigenvalue weighted by Gasteiger charge is -2.40. The molecular formula is C14H20F3N3O3. The molecule has 0 aromatic carbocycles. The predicted octanol–water partition coefficient (Wildman–Crippen LogP) is 1.25. The maximum atomic E-state index is 13.3. The molecule has 23 heavy (non-hydrogen) atoms. The molecule has 1 atom stereocenters. The Morgan fingerprint density at radius 1 is 1.52 bits per heavy atom. The molecule has 0 bridgehead atoms. The van der Waals surface area contributed by atoms with Gasteiger partial charge in [-0.05, 0) is 19.3 Å². The van der Waals surface area contributed by atoms with Crippen LogP contribution in [0.3, 0.4) is 0 Å². The minimum atomic E-state index is -5.03. The molecule has 1 aromatic rings. The van der Waals surface area contributed by atoms with Gasteiger partial charge in [0.2, 0.25) is 11.5 Å². The first-order chi connectivity index (χ1) is 10.6. The summed E-state index contributed by atoms with van der Waals surface area (Å²) in [5, 5.41) is 12.5. The third-order valence-electron chi connectivity index (χ3n) is 4.38. The molecule has 0 spiro atoms. The molecule has 1 saturated carbocycles. The maximum absolute atomic E-state index is 13.3. The fraction of sp³-hybridized carbons (Fsp3) is 0.714. The van der Waals surface area contributed by atoms with Crippen LogP contribution in [0.4, 0.5) is 13.2 Å². The van der Waals surface area contributed by atoms with Crippen LogP contribution in [0.15, 0.2) is 12.4 Å². The molecular weight excluding hydrogens is 315 g/mol. The van der Waals surface area contributed by atoms with Gasteiger partial charge in [-0.2, -0.15) is 13.2 Å². The van der Waals surface area contributed by atoms with Gasteiger partial charge in [-0.3, -0.25) is 4.79 Å². The average Bonchev–Trinajstić information content (AvgIpc) is 2.83. The van der Waals surface area contributed by atoms with E-state index in [-0.39, 0.29) is 6.54 Å². The number of hydrogen-bond acceptors (Lipinski definition) is 4. The van der Waals surface area contributed by atoms with E-state index in [1.54, 1.807) is 0 Å². The number of hydrogen-bond donors (Lipinski definition) is 2. The van der Waals surface area contributed by atoms with E-state index >= 15 is 0 Å². The van der Waals surface area contributed by atoms with Crippen molar-refractivity contribution in [3.8, 4) is 0 Å². The standard InChI is InChI=1S/C14H20F3N3O3/c1-20-7-6-18-11(20)13(22,14(15,16)17)8-10(21)19-9-12(23-2)4-3-5-12/h6-7,22H,3-5,8-9H2,1-2H3,(H,19,21). The van der Waals surface area contributed by atoms with E-state index in [1.807, 2.05) is 0 Å². The fourth-order valence-corrected chi connectivity index (χ4v) is 2.65. The number of halogens is 3. The summed E-state index contributed by atoms with van der Waals surface area (Å²) in [6, 6.07) is 0. The van der Waals surface area contributed by atoms with Crippen molar-refractivity contribution < 1.29 is 27.8 Å². The van der Waals surface area contributed by atoms with Crippen LogP contribution in [0.5, 0.6) is 0 Å². The summed E-state index contributed by atoms with van der Waals surface area (Å²) in [5.74, 6) is -1.53. The number of imidazole rings is 1. The quantitative estimate of drug-likeness (QED) is 0.820. The molecule has 1 aliphatic rings. The number of carbonyl (C=O) groups is 1. The Bertz CT molecular complexity index is 564. The van der Waals surface area contributed by atoms with Gasteiger partial charge in [-0.15, -0.1) is 0 Å². The van der Waals surface area contributed by atoms with Gasteiger partial charge in [0, 0.05) is 33.1 Å². The van der Waals surface area contributed by atoms with Crippen molar-refractivity contribution >= 4 is 5.91 Å². The summed E-state index contributed by atoms with van der Waals surface area (Å²) in [6.07, 6.45) is -1.33. The molecule has 1 aliphatic carbocycles. The number of nitrogens with one attached hydrogen (secondary N) is 1. The molecule has 0 aliphatic heterocycles. The second-order valence-electron chi connectivity index (χ2n) is 5.91. The summed E-state index contributed by atoms with van der Waals surface area (Å²) >= 11 is 0. The van der Waals surface area contributed by atoms with Crippen molar-refractivity contribution in [2.45, 2.75) is 43.1 Å². The predicted molar refractivity (Wildman–Crippen MR) is 74.4 cm³/mol. The van der Waals surface area contributed by atoms with Crippen LogP contribution in [-0.2, 0) is 22.2 Å². The lowest BCUT2D eigenvalue weighted by molar-refractivity contribution is -0.271. The van der Waals surface area contributed by atoms with Crippen molar-refractivity contribution in [3.63, 3.8) is 0 Å². The second-order valence-corrected chi connectivity index (χ2v) is 5.91. The smallest absolute Gasteiger partial charge is 0.376 e. The Hall–Kier alpha value is -1.61. The Morgan fingerprint density at radius 3 is 2.57 bits per heavy atom. The second kappa shape index (κ2) is 6.12. The third-order valence-corrected chi connectivity index (χ3v) is 4.38. The van der Waals surface area contributed by atoms with Gasteiger partial charge < -0.3 is 19.7 Å². The number of alkyl halides is 3. The van der Waals surface area contributed by atoms with Crippen LogP contribution >= 0.6 is 0 Å². The number of amides is 1. The lowest BCUT2D eigenvalue weighted by atomic mass is 9.80. The van der Waals surface area contributed by atoms with Crippen LogP contribution < -0.4 is 5.32 Å². The number of rotatable bonds is 6. The molecule has 0 saturated heterocycles. The van der Waals surface area contributed by atoms with Crippen molar-refractivity contribution in [2.24, 2.45) is 7.05 Å². The highest BCUT2D eigenvalue weighted by atomic mass is 19.4. The first-order valence-electron chi connectivity index (χ1n) is 7.22. The minimum absolute atomic E-state index is 0.122. The average molecular weight is 335 g/mol. The van der Waals surface area contributed by atoms with Crippen molar-refractivity contribution in [1.82, 2.24) is 14.9 Å². The number of carbonyl (C=O) groups excluding carboxylic acids is 1. The van der Waals surface area contributed by atoms with Crippen LogP contribution in [0, 0.1) is 0 Å². The molecule has 1 fully saturated rings. The number of ether oxygens (including phenoxy) is 1. The van der Waals surface area contributed by atoms with Crippen LogP contribution in [0.1, 0.15) is 31.5 Å². The Kier molecular flexibility index (Phi) is 4.72. The Balaban J connectivity index is 2.10. The molecule has 9 heteroatoms. The van der Waals surface area contributed by atoms with Gasteiger partial charge in [0.15, 0.2) is 5.82 Å². The van der Waals surface area contributed by atoms with Crippen LogP contribution in [0.25, 0.3) is 0 Å². The zero-order chi connectivity index (χ0) is 17.3. The molecule has 1 heterocycles. The summed E-state index contributed by atoms with van der Waals surface area (Å²) in [4.78, 5) is 15.5. The normalized spacial score (nSPS) is 19.7. The number of aryl methyl sites for hydroxylation is 1. The first-order valence-corrected chi connectivity index (χ1v) is 7.22. The van der Waals surface area contributed by atoms with Gasteiger partial charge >= 0.3 is 6.18 Å². The highest BCUT2D eigenvalue weighted by Crippen LogP contribution is 2.41. The van der Waals surface area contributed by atoms with Crippen molar-refractivity contribution in [2.75, 3.05) is 13.7 Å². The summed E-state index contributed by atoms with van der Waals surface area (Å²) in [6.45, 7) is 0.122. The van der Waals surface area contributed by atoms with Gasteiger partial charge in [0.1, 0.15) is 0 Å². The molecule has 1 amide bonds. The molecule has 130 valence electrons. The summed E-state index contributed by atoms with van der Waals surface area (Å²) < 4.78 is 46.3. The van der Waals surface area contributed by atoms with Gasteiger partial charge in [-0.1, -0.05) is 0 Å². The minimum Gasteiger partial charge on any atom is -0.376 e. The number of methoxy groups -OCH3 is 1. The maximum Gasteiger partial charge on any atom is 0.425 e. The fourth-order valence-electron chi connectivity index (χ4n) is 2.65. The topological polar surface area (TPSA) is 76.4 Å². The molecule has 0 radical (unpaired) electrons. The van der Waals surface area contributed by atoms with E-state index in [0.29, 0.717) is 0 Å². The monoisotopic (exact) mass is 335 g/mol. The zero-order valence-electron chi connectivity index (χ0n) is 13.0. The van der Waals surface area contributed by atoms with E-state index in [2.05, 4.69) is 10.3 Å². The highest BCUT2D eigenvalue weighted by Gasteiger charge is 2.58. The SMILES string of the molecule is COC1(CNC(=O)CC(O)(c2nccn2C)C(F)(F)F)CCC1. The third kappa shape index (κ3) is 3.35. The zero-order valence-corrected chi connectivity index (χ0v) is 13.0. The van der Waals surface area contributed by atoms with E-state index < -0.39 is 35.5 Å². The number of aliphatic hydroxyl groups is 1. The van der Waals surface area contributed by atoms with E-state index in [0.717, 1.165) is 30.0 Å². The number of nitrogens with zero attached hydrogens (tertiary/aromatic N) is 2. The van der Waals surface area contributed by atoms with Gasteiger partial charge in [-0.25, -0.2) is 4.98 Å². The summed E-state index contributed by atoms with van der Waals surface area (Å²) in [5.41, 5.74) is -3.84. The van der Waals surface area contributed by atoms with Gasteiger partial charge in [0.25, 0.3) is 0 Å². The summed E-state index contributed by atoms with van der Waals surface area (Å²) in [7, 11) is 2.83. The first kappa shape index (κ1) is 17.7. The highest BCUT2D eigenvalue weighted by molar-refractivity contribution is 5.77. The molecule has 6 nitrogen and oxygen atoms in total. The van der Waals surface area contributed by atoms with E-state index in [1.165, 1.54) is 20.4 Å².